The lowest BCUT2D eigenvalue weighted by atomic mass is 9.93. The molecule has 1 aliphatic rings. The average molecular weight is 473 g/mol. The first-order valence-corrected chi connectivity index (χ1v) is 11.8. The molecular formula is C28H29FN4O2. The molecule has 1 fully saturated rings. The van der Waals surface area contributed by atoms with Crippen LogP contribution in [0.4, 0.5) is 10.2 Å². The minimum Gasteiger partial charge on any atom is -0.390 e. The number of halogens is 1. The van der Waals surface area contributed by atoms with Gasteiger partial charge in [0.2, 0.25) is 0 Å². The van der Waals surface area contributed by atoms with E-state index in [4.69, 9.17) is 0 Å². The van der Waals surface area contributed by atoms with Gasteiger partial charge in [-0.3, -0.25) is 9.78 Å². The van der Waals surface area contributed by atoms with Crippen LogP contribution >= 0.6 is 0 Å². The van der Waals surface area contributed by atoms with Crippen LogP contribution in [-0.4, -0.2) is 51.6 Å². The summed E-state index contributed by atoms with van der Waals surface area (Å²) < 4.78 is 15.2. The number of pyridine rings is 2. The number of carbonyl (C=O) groups is 1. The van der Waals surface area contributed by atoms with Gasteiger partial charge in [0.25, 0.3) is 5.91 Å². The Morgan fingerprint density at radius 3 is 2.57 bits per heavy atom. The molecule has 1 aliphatic heterocycles. The third kappa shape index (κ3) is 5.50. The summed E-state index contributed by atoms with van der Waals surface area (Å²) in [5, 5.41) is 13.1. The number of aliphatic hydroxyl groups is 1. The summed E-state index contributed by atoms with van der Waals surface area (Å²) in [6.07, 6.45) is 5.02. The molecule has 0 unspecified atom stereocenters. The minimum absolute atomic E-state index is 0.0309. The Labute approximate surface area is 205 Å². The van der Waals surface area contributed by atoms with Crippen molar-refractivity contribution < 1.29 is 14.3 Å². The fourth-order valence-corrected chi connectivity index (χ4v) is 4.12. The van der Waals surface area contributed by atoms with Crippen LogP contribution in [-0.2, 0) is 6.42 Å². The standard InChI is InChI=1S/C28H29FN4O2/c1-4-25-22(8-5-19-6-10-26(30-3)32-18-19)21(11-14-31-25)20-7-9-23(24(29)17-20)27(34)33-15-12-28(2,35)13-16-33/h6-7,9-11,14,17-18,35H,4,12-13,15-16H2,1-3H3,(H,30,32). The Morgan fingerprint density at radius 2 is 1.94 bits per heavy atom. The second kappa shape index (κ2) is 10.2. The van der Waals surface area contributed by atoms with E-state index in [2.05, 4.69) is 27.1 Å². The lowest BCUT2D eigenvalue weighted by molar-refractivity contribution is -0.00213. The van der Waals surface area contributed by atoms with Crippen molar-refractivity contribution in [3.05, 3.63) is 77.0 Å². The first-order valence-electron chi connectivity index (χ1n) is 11.8. The van der Waals surface area contributed by atoms with Crippen molar-refractivity contribution >= 4 is 11.7 Å². The van der Waals surface area contributed by atoms with Gasteiger partial charge >= 0.3 is 0 Å². The van der Waals surface area contributed by atoms with Crippen molar-refractivity contribution in [2.45, 2.75) is 38.7 Å². The predicted octanol–water partition coefficient (Wildman–Crippen LogP) is 4.27. The molecule has 0 aliphatic carbocycles. The second-order valence-corrected chi connectivity index (χ2v) is 8.95. The average Bonchev–Trinajstić information content (AvgIpc) is 2.87. The number of piperidine rings is 1. The summed E-state index contributed by atoms with van der Waals surface area (Å²) in [6, 6.07) is 10.2. The van der Waals surface area contributed by atoms with E-state index in [1.807, 2.05) is 25.1 Å². The fraction of sp³-hybridized carbons (Fsp3) is 0.321. The van der Waals surface area contributed by atoms with Gasteiger partial charge in [0, 0.05) is 43.7 Å². The van der Waals surface area contributed by atoms with Gasteiger partial charge < -0.3 is 15.3 Å². The van der Waals surface area contributed by atoms with E-state index in [1.54, 1.807) is 37.3 Å². The lowest BCUT2D eigenvalue weighted by Crippen LogP contribution is -2.45. The summed E-state index contributed by atoms with van der Waals surface area (Å²) in [5.74, 6) is 6.17. The zero-order chi connectivity index (χ0) is 25.0. The number of aryl methyl sites for hydroxylation is 1. The smallest absolute Gasteiger partial charge is 0.256 e. The molecule has 3 aromatic rings. The summed E-state index contributed by atoms with van der Waals surface area (Å²) in [4.78, 5) is 23.3. The highest BCUT2D eigenvalue weighted by Crippen LogP contribution is 2.28. The van der Waals surface area contributed by atoms with E-state index in [1.165, 1.54) is 12.1 Å². The number of aromatic nitrogens is 2. The Bertz CT molecular complexity index is 1280. The highest BCUT2D eigenvalue weighted by atomic mass is 19.1. The molecule has 0 spiro atoms. The summed E-state index contributed by atoms with van der Waals surface area (Å²) in [6.45, 7) is 4.57. The minimum atomic E-state index is -0.778. The molecular weight excluding hydrogens is 443 g/mol. The van der Waals surface area contributed by atoms with Gasteiger partial charge in [0.15, 0.2) is 0 Å². The van der Waals surface area contributed by atoms with Gasteiger partial charge in [0.1, 0.15) is 11.6 Å². The van der Waals surface area contributed by atoms with Crippen LogP contribution < -0.4 is 5.32 Å². The van der Waals surface area contributed by atoms with Crippen molar-refractivity contribution in [1.82, 2.24) is 14.9 Å². The van der Waals surface area contributed by atoms with E-state index >= 15 is 4.39 Å². The molecule has 1 aromatic carbocycles. The van der Waals surface area contributed by atoms with Gasteiger partial charge in [-0.2, -0.15) is 0 Å². The molecule has 0 atom stereocenters. The largest absolute Gasteiger partial charge is 0.390 e. The monoisotopic (exact) mass is 472 g/mol. The predicted molar refractivity (Wildman–Crippen MR) is 135 cm³/mol. The van der Waals surface area contributed by atoms with Crippen LogP contribution in [0.15, 0.2) is 48.8 Å². The summed E-state index contributed by atoms with van der Waals surface area (Å²) >= 11 is 0. The SMILES string of the molecule is CCc1nccc(-c2ccc(C(=O)N3CCC(C)(O)CC3)c(F)c2)c1C#Cc1ccc(NC)nc1. The summed E-state index contributed by atoms with van der Waals surface area (Å²) in [7, 11) is 1.80. The highest BCUT2D eigenvalue weighted by molar-refractivity contribution is 5.95. The van der Waals surface area contributed by atoms with Crippen molar-refractivity contribution in [1.29, 1.82) is 0 Å². The molecule has 1 saturated heterocycles. The highest BCUT2D eigenvalue weighted by Gasteiger charge is 2.31. The van der Waals surface area contributed by atoms with Gasteiger partial charge in [-0.1, -0.05) is 24.8 Å². The summed E-state index contributed by atoms with van der Waals surface area (Å²) in [5.41, 5.74) is 2.94. The van der Waals surface area contributed by atoms with Crippen LogP contribution in [0.25, 0.3) is 11.1 Å². The van der Waals surface area contributed by atoms with Crippen LogP contribution in [0.2, 0.25) is 0 Å². The molecule has 35 heavy (non-hydrogen) atoms. The van der Waals surface area contributed by atoms with E-state index in [-0.39, 0.29) is 11.5 Å². The molecule has 180 valence electrons. The Kier molecular flexibility index (Phi) is 7.13. The Morgan fingerprint density at radius 1 is 1.17 bits per heavy atom. The zero-order valence-corrected chi connectivity index (χ0v) is 20.2. The molecule has 1 amide bonds. The van der Waals surface area contributed by atoms with Crippen molar-refractivity contribution in [3.8, 4) is 23.0 Å². The molecule has 0 radical (unpaired) electrons. The van der Waals surface area contributed by atoms with Crippen molar-refractivity contribution in [2.24, 2.45) is 0 Å². The van der Waals surface area contributed by atoms with Crippen LogP contribution in [0.3, 0.4) is 0 Å². The molecule has 4 rings (SSSR count). The van der Waals surface area contributed by atoms with Crippen LogP contribution in [0, 0.1) is 17.7 Å². The maximum absolute atomic E-state index is 15.2. The number of carbonyl (C=O) groups excluding carboxylic acids is 1. The number of likely N-dealkylation sites (tertiary alicyclic amines) is 1. The van der Waals surface area contributed by atoms with E-state index in [0.717, 1.165) is 28.2 Å². The number of hydrogen-bond donors (Lipinski definition) is 2. The van der Waals surface area contributed by atoms with Gasteiger partial charge in [-0.25, -0.2) is 9.37 Å². The molecule has 7 heteroatoms. The molecule has 6 nitrogen and oxygen atoms in total. The fourth-order valence-electron chi connectivity index (χ4n) is 4.12. The Balaban J connectivity index is 1.65. The molecule has 0 saturated carbocycles. The quantitative estimate of drug-likeness (QED) is 0.555. The number of nitrogens with zero attached hydrogens (tertiary/aromatic N) is 3. The van der Waals surface area contributed by atoms with Gasteiger partial charge in [-0.05, 0) is 62.1 Å². The normalized spacial score (nSPS) is 14.7. The van der Waals surface area contributed by atoms with E-state index in [9.17, 15) is 9.90 Å². The number of anilines is 1. The zero-order valence-electron chi connectivity index (χ0n) is 20.2. The topological polar surface area (TPSA) is 78.4 Å². The van der Waals surface area contributed by atoms with Gasteiger partial charge in [-0.15, -0.1) is 0 Å². The van der Waals surface area contributed by atoms with Crippen molar-refractivity contribution in [3.63, 3.8) is 0 Å². The third-order valence-corrected chi connectivity index (χ3v) is 6.35. The molecule has 2 aromatic heterocycles. The number of nitrogens with one attached hydrogen (secondary N) is 1. The first-order chi connectivity index (χ1) is 16.8. The molecule has 2 N–H and O–H groups in total. The Hall–Kier alpha value is -3.76. The number of benzene rings is 1. The van der Waals surface area contributed by atoms with E-state index in [0.29, 0.717) is 37.9 Å². The first kappa shape index (κ1) is 24.4. The van der Waals surface area contributed by atoms with Crippen molar-refractivity contribution in [2.75, 3.05) is 25.5 Å². The van der Waals surface area contributed by atoms with Crippen LogP contribution in [0.5, 0.6) is 0 Å². The lowest BCUT2D eigenvalue weighted by Gasteiger charge is -2.35. The maximum atomic E-state index is 15.2. The number of hydrogen-bond acceptors (Lipinski definition) is 5. The second-order valence-electron chi connectivity index (χ2n) is 8.95. The molecule has 3 heterocycles. The van der Waals surface area contributed by atoms with E-state index < -0.39 is 11.4 Å². The third-order valence-electron chi connectivity index (χ3n) is 6.35. The van der Waals surface area contributed by atoms with Gasteiger partial charge in [0.05, 0.1) is 22.4 Å². The molecule has 0 bridgehead atoms. The maximum Gasteiger partial charge on any atom is 0.256 e. The number of amides is 1. The van der Waals surface area contributed by atoms with Crippen LogP contribution in [0.1, 0.15) is 53.9 Å². The number of rotatable bonds is 4.